The second kappa shape index (κ2) is 7.85. The van der Waals surface area contributed by atoms with Gasteiger partial charge in [0.25, 0.3) is 5.91 Å². The Morgan fingerprint density at radius 2 is 1.88 bits per heavy atom. The quantitative estimate of drug-likeness (QED) is 0.797. The van der Waals surface area contributed by atoms with E-state index in [4.69, 9.17) is 0 Å². The van der Waals surface area contributed by atoms with E-state index in [9.17, 15) is 14.0 Å². The van der Waals surface area contributed by atoms with Gasteiger partial charge in [0.1, 0.15) is 11.5 Å². The number of nitrogens with zero attached hydrogens (tertiary/aromatic N) is 1. The Bertz CT molecular complexity index is 761. The van der Waals surface area contributed by atoms with Crippen molar-refractivity contribution in [1.82, 2.24) is 10.3 Å². The van der Waals surface area contributed by atoms with E-state index in [1.165, 1.54) is 24.4 Å². The molecule has 2 aromatic rings. The highest BCUT2D eigenvalue weighted by molar-refractivity contribution is 6.06. The summed E-state index contributed by atoms with van der Waals surface area (Å²) in [5.41, 5.74) is 0.814. The van der Waals surface area contributed by atoms with Crippen molar-refractivity contribution in [1.29, 1.82) is 0 Å². The normalized spacial score (nSPS) is 14.8. The molecule has 1 fully saturated rings. The molecule has 3 rings (SSSR count). The molecule has 2 heterocycles. The van der Waals surface area contributed by atoms with E-state index in [1.807, 2.05) is 0 Å². The minimum Gasteiger partial charge on any atom is -0.324 e. The Kier molecular flexibility index (Phi) is 5.35. The molecular weight excluding hydrogens is 323 g/mol. The second-order valence-electron chi connectivity index (χ2n) is 5.87. The number of halogens is 1. The molecule has 0 atom stereocenters. The first-order chi connectivity index (χ1) is 12.1. The standard InChI is InChI=1S/C18H19FN4O2/c19-13-4-5-14(22-18(25)15-3-1-2-8-21-15)16(11-13)23-17(24)12-6-9-20-10-7-12/h1-5,8,11-12,20H,6-7,9-10H2,(H,22,25)(H,23,24). The summed E-state index contributed by atoms with van der Waals surface area (Å²) < 4.78 is 13.6. The number of rotatable bonds is 4. The lowest BCUT2D eigenvalue weighted by Gasteiger charge is -2.22. The first-order valence-electron chi connectivity index (χ1n) is 8.17. The summed E-state index contributed by atoms with van der Waals surface area (Å²) in [6.07, 6.45) is 2.98. The molecule has 0 spiro atoms. The summed E-state index contributed by atoms with van der Waals surface area (Å²) >= 11 is 0. The van der Waals surface area contributed by atoms with E-state index in [0.717, 1.165) is 25.9 Å². The lowest BCUT2D eigenvalue weighted by molar-refractivity contribution is -0.120. The van der Waals surface area contributed by atoms with Crippen molar-refractivity contribution in [3.63, 3.8) is 0 Å². The first-order valence-corrected chi connectivity index (χ1v) is 8.17. The van der Waals surface area contributed by atoms with Gasteiger partial charge >= 0.3 is 0 Å². The topological polar surface area (TPSA) is 83.1 Å². The molecule has 3 N–H and O–H groups in total. The van der Waals surface area contributed by atoms with Gasteiger partial charge in [0.2, 0.25) is 5.91 Å². The van der Waals surface area contributed by atoms with Crippen molar-refractivity contribution in [2.24, 2.45) is 5.92 Å². The summed E-state index contributed by atoms with van der Waals surface area (Å²) in [6.45, 7) is 1.56. The average Bonchev–Trinajstić information content (AvgIpc) is 2.65. The number of amides is 2. The molecule has 1 aliphatic rings. The molecule has 130 valence electrons. The molecule has 1 saturated heterocycles. The van der Waals surface area contributed by atoms with Crippen LogP contribution in [0, 0.1) is 11.7 Å². The minimum absolute atomic E-state index is 0.121. The molecule has 0 radical (unpaired) electrons. The number of nitrogens with one attached hydrogen (secondary N) is 3. The predicted octanol–water partition coefficient (Wildman–Crippen LogP) is 2.41. The van der Waals surface area contributed by atoms with Crippen molar-refractivity contribution in [3.8, 4) is 0 Å². The van der Waals surface area contributed by atoms with Gasteiger partial charge in [0, 0.05) is 12.1 Å². The number of pyridine rings is 1. The Labute approximate surface area is 144 Å². The molecule has 0 saturated carbocycles. The molecular formula is C18H19FN4O2. The van der Waals surface area contributed by atoms with Crippen molar-refractivity contribution < 1.29 is 14.0 Å². The van der Waals surface area contributed by atoms with Crippen LogP contribution < -0.4 is 16.0 Å². The van der Waals surface area contributed by atoms with E-state index in [1.54, 1.807) is 18.2 Å². The Hall–Kier alpha value is -2.80. The zero-order valence-corrected chi connectivity index (χ0v) is 13.6. The molecule has 1 aliphatic heterocycles. The van der Waals surface area contributed by atoms with Gasteiger partial charge in [-0.1, -0.05) is 6.07 Å². The van der Waals surface area contributed by atoms with Gasteiger partial charge in [-0.3, -0.25) is 14.6 Å². The van der Waals surface area contributed by atoms with Crippen LogP contribution in [0.15, 0.2) is 42.6 Å². The van der Waals surface area contributed by atoms with E-state index < -0.39 is 11.7 Å². The summed E-state index contributed by atoms with van der Waals surface area (Å²) in [6, 6.07) is 8.84. The van der Waals surface area contributed by atoms with Crippen molar-refractivity contribution >= 4 is 23.2 Å². The lowest BCUT2D eigenvalue weighted by Crippen LogP contribution is -2.34. The van der Waals surface area contributed by atoms with Crippen molar-refractivity contribution in [2.75, 3.05) is 23.7 Å². The van der Waals surface area contributed by atoms with Gasteiger partial charge < -0.3 is 16.0 Å². The summed E-state index contributed by atoms with van der Waals surface area (Å²) in [5, 5.41) is 8.60. The molecule has 0 bridgehead atoms. The van der Waals surface area contributed by atoms with E-state index >= 15 is 0 Å². The van der Waals surface area contributed by atoms with Crippen LogP contribution in [0.3, 0.4) is 0 Å². The van der Waals surface area contributed by atoms with Gasteiger partial charge in [-0.25, -0.2) is 4.39 Å². The van der Waals surface area contributed by atoms with Crippen LogP contribution in [-0.4, -0.2) is 29.9 Å². The maximum absolute atomic E-state index is 13.6. The molecule has 1 aromatic heterocycles. The fraction of sp³-hybridized carbons (Fsp3) is 0.278. The van der Waals surface area contributed by atoms with Crippen LogP contribution in [0.4, 0.5) is 15.8 Å². The SMILES string of the molecule is O=C(Nc1ccc(F)cc1NC(=O)C1CCNCC1)c1ccccn1. The van der Waals surface area contributed by atoms with E-state index in [-0.39, 0.29) is 23.2 Å². The average molecular weight is 342 g/mol. The fourth-order valence-electron chi connectivity index (χ4n) is 2.73. The Morgan fingerprint density at radius 3 is 2.60 bits per heavy atom. The molecule has 6 nitrogen and oxygen atoms in total. The zero-order valence-electron chi connectivity index (χ0n) is 13.6. The van der Waals surface area contributed by atoms with Crippen LogP contribution in [0.5, 0.6) is 0 Å². The smallest absolute Gasteiger partial charge is 0.274 e. The van der Waals surface area contributed by atoms with Gasteiger partial charge in [-0.2, -0.15) is 0 Å². The predicted molar refractivity (Wildman–Crippen MR) is 92.8 cm³/mol. The van der Waals surface area contributed by atoms with Crippen LogP contribution in [0.25, 0.3) is 0 Å². The lowest BCUT2D eigenvalue weighted by atomic mass is 9.97. The Balaban J connectivity index is 1.76. The molecule has 0 unspecified atom stereocenters. The van der Waals surface area contributed by atoms with Crippen LogP contribution in [0.2, 0.25) is 0 Å². The van der Waals surface area contributed by atoms with Crippen LogP contribution >= 0.6 is 0 Å². The molecule has 0 aliphatic carbocycles. The van der Waals surface area contributed by atoms with Crippen LogP contribution in [0.1, 0.15) is 23.3 Å². The maximum atomic E-state index is 13.6. The molecule has 2 amide bonds. The highest BCUT2D eigenvalue weighted by atomic mass is 19.1. The van der Waals surface area contributed by atoms with Crippen molar-refractivity contribution in [2.45, 2.75) is 12.8 Å². The number of hydrogen-bond donors (Lipinski definition) is 3. The van der Waals surface area contributed by atoms with Gasteiger partial charge in [0.15, 0.2) is 0 Å². The summed E-state index contributed by atoms with van der Waals surface area (Å²) in [4.78, 5) is 28.6. The molecule has 7 heteroatoms. The summed E-state index contributed by atoms with van der Waals surface area (Å²) in [7, 11) is 0. The number of benzene rings is 1. The third-order valence-corrected chi connectivity index (χ3v) is 4.10. The molecule has 25 heavy (non-hydrogen) atoms. The number of carbonyl (C=O) groups is 2. The number of hydrogen-bond acceptors (Lipinski definition) is 4. The minimum atomic E-state index is -0.489. The summed E-state index contributed by atoms with van der Waals surface area (Å²) in [5.74, 6) is -1.20. The number of piperidine rings is 1. The number of carbonyl (C=O) groups excluding carboxylic acids is 2. The highest BCUT2D eigenvalue weighted by Crippen LogP contribution is 2.25. The third kappa shape index (κ3) is 4.39. The largest absolute Gasteiger partial charge is 0.324 e. The van der Waals surface area contributed by atoms with E-state index in [2.05, 4.69) is 20.9 Å². The van der Waals surface area contributed by atoms with Crippen molar-refractivity contribution in [3.05, 3.63) is 54.1 Å². The van der Waals surface area contributed by atoms with Crippen LogP contribution in [-0.2, 0) is 4.79 Å². The first kappa shape index (κ1) is 17.0. The zero-order chi connectivity index (χ0) is 17.6. The third-order valence-electron chi connectivity index (χ3n) is 4.10. The highest BCUT2D eigenvalue weighted by Gasteiger charge is 2.22. The van der Waals surface area contributed by atoms with E-state index in [0.29, 0.717) is 5.69 Å². The molecule has 1 aromatic carbocycles. The van der Waals surface area contributed by atoms with Gasteiger partial charge in [-0.15, -0.1) is 0 Å². The van der Waals surface area contributed by atoms with Gasteiger partial charge in [0.05, 0.1) is 11.4 Å². The number of aromatic nitrogens is 1. The maximum Gasteiger partial charge on any atom is 0.274 e. The second-order valence-corrected chi connectivity index (χ2v) is 5.87. The monoisotopic (exact) mass is 342 g/mol. The Morgan fingerprint density at radius 1 is 1.08 bits per heavy atom. The number of anilines is 2. The van der Waals surface area contributed by atoms with Gasteiger partial charge in [-0.05, 0) is 56.3 Å². The fourth-order valence-corrected chi connectivity index (χ4v) is 2.73.